The van der Waals surface area contributed by atoms with Crippen molar-refractivity contribution >= 4 is 11.8 Å². The molecule has 2 aliphatic carbocycles. The fraction of sp³-hybridized carbons (Fsp3) is 0.846. The molecule has 2 N–H and O–H groups in total. The number of amides is 2. The van der Waals surface area contributed by atoms with Crippen LogP contribution in [0.2, 0.25) is 0 Å². The average Bonchev–Trinajstić information content (AvgIpc) is 2.96. The maximum absolute atomic E-state index is 11.6. The van der Waals surface area contributed by atoms with E-state index in [1.807, 2.05) is 0 Å². The van der Waals surface area contributed by atoms with E-state index >= 15 is 0 Å². The molecule has 1 saturated heterocycles. The second-order valence-electron chi connectivity index (χ2n) is 5.63. The Bertz CT molecular complexity index is 375. The third kappa shape index (κ3) is 3.06. The highest BCUT2D eigenvalue weighted by Gasteiger charge is 2.43. The molecule has 0 bridgehead atoms. The topological polar surface area (TPSA) is 76.7 Å². The van der Waals surface area contributed by atoms with Gasteiger partial charge >= 0.3 is 11.8 Å². The van der Waals surface area contributed by atoms with Gasteiger partial charge in [0.25, 0.3) is 0 Å². The van der Waals surface area contributed by atoms with E-state index in [4.69, 9.17) is 9.47 Å². The number of carbonyl (C=O) groups is 2. The second kappa shape index (κ2) is 5.09. The van der Waals surface area contributed by atoms with Crippen molar-refractivity contribution in [1.29, 1.82) is 0 Å². The van der Waals surface area contributed by atoms with Gasteiger partial charge in [0.1, 0.15) is 6.10 Å². The first kappa shape index (κ1) is 12.9. The molecule has 1 aliphatic heterocycles. The third-order valence-electron chi connectivity index (χ3n) is 3.89. The van der Waals surface area contributed by atoms with Crippen LogP contribution in [-0.2, 0) is 19.1 Å². The average molecular weight is 268 g/mol. The molecule has 3 aliphatic rings. The van der Waals surface area contributed by atoms with Gasteiger partial charge in [0.2, 0.25) is 0 Å². The van der Waals surface area contributed by atoms with Crippen molar-refractivity contribution in [3.05, 3.63) is 0 Å². The minimum absolute atomic E-state index is 0.143. The molecule has 1 spiro atoms. The van der Waals surface area contributed by atoms with Crippen LogP contribution in [0, 0.1) is 0 Å². The maximum atomic E-state index is 11.6. The molecule has 2 saturated carbocycles. The first-order chi connectivity index (χ1) is 9.17. The molecule has 19 heavy (non-hydrogen) atoms. The van der Waals surface area contributed by atoms with Crippen LogP contribution in [-0.4, -0.2) is 42.9 Å². The number of carbonyl (C=O) groups excluding carboxylic acids is 2. The summed E-state index contributed by atoms with van der Waals surface area (Å²) in [5, 5.41) is 5.26. The van der Waals surface area contributed by atoms with Gasteiger partial charge in [-0.15, -0.1) is 0 Å². The Kier molecular flexibility index (Phi) is 3.45. The fourth-order valence-corrected chi connectivity index (χ4v) is 2.66. The number of hydrogen-bond acceptors (Lipinski definition) is 4. The first-order valence-electron chi connectivity index (χ1n) is 7.07. The third-order valence-corrected chi connectivity index (χ3v) is 3.89. The van der Waals surface area contributed by atoms with Gasteiger partial charge in [-0.2, -0.15) is 0 Å². The summed E-state index contributed by atoms with van der Waals surface area (Å²) < 4.78 is 11.6. The molecular formula is C13H20N2O4. The quantitative estimate of drug-likeness (QED) is 0.710. The van der Waals surface area contributed by atoms with Gasteiger partial charge in [-0.25, -0.2) is 0 Å². The highest BCUT2D eigenvalue weighted by atomic mass is 16.7. The van der Waals surface area contributed by atoms with Crippen molar-refractivity contribution in [2.24, 2.45) is 0 Å². The lowest BCUT2D eigenvalue weighted by Crippen LogP contribution is -2.44. The summed E-state index contributed by atoms with van der Waals surface area (Å²) in [6.07, 6.45) is 5.92. The fourth-order valence-electron chi connectivity index (χ4n) is 2.66. The Morgan fingerprint density at radius 2 is 1.89 bits per heavy atom. The SMILES string of the molecule is O=C(NC[C@@H]1COC2(CCCC2)O1)C(=O)NC1CC1. The normalized spacial score (nSPS) is 28.5. The second-order valence-corrected chi connectivity index (χ2v) is 5.63. The zero-order valence-electron chi connectivity index (χ0n) is 10.9. The molecule has 0 aromatic heterocycles. The monoisotopic (exact) mass is 268 g/mol. The van der Waals surface area contributed by atoms with E-state index in [1.54, 1.807) is 0 Å². The summed E-state index contributed by atoms with van der Waals surface area (Å²) in [6, 6.07) is 0.200. The molecule has 3 rings (SSSR count). The van der Waals surface area contributed by atoms with Crippen molar-refractivity contribution in [2.75, 3.05) is 13.2 Å². The van der Waals surface area contributed by atoms with Crippen LogP contribution in [0.1, 0.15) is 38.5 Å². The van der Waals surface area contributed by atoms with Crippen LogP contribution < -0.4 is 10.6 Å². The van der Waals surface area contributed by atoms with Crippen LogP contribution in [0.3, 0.4) is 0 Å². The van der Waals surface area contributed by atoms with Gasteiger partial charge in [0, 0.05) is 25.4 Å². The lowest BCUT2D eigenvalue weighted by atomic mass is 10.2. The van der Waals surface area contributed by atoms with E-state index in [9.17, 15) is 9.59 Å². The molecular weight excluding hydrogens is 248 g/mol. The molecule has 1 atom stereocenters. The van der Waals surface area contributed by atoms with Crippen molar-refractivity contribution in [1.82, 2.24) is 10.6 Å². The van der Waals surface area contributed by atoms with E-state index in [0.29, 0.717) is 13.2 Å². The lowest BCUT2D eigenvalue weighted by Gasteiger charge is -2.21. The summed E-state index contributed by atoms with van der Waals surface area (Å²) in [5.74, 6) is -1.54. The predicted octanol–water partition coefficient (Wildman–Crippen LogP) is 0.0669. The van der Waals surface area contributed by atoms with Gasteiger partial charge in [-0.3, -0.25) is 9.59 Å². The summed E-state index contributed by atoms with van der Waals surface area (Å²) in [4.78, 5) is 23.0. The molecule has 2 amide bonds. The molecule has 0 radical (unpaired) electrons. The van der Waals surface area contributed by atoms with Crippen LogP contribution >= 0.6 is 0 Å². The van der Waals surface area contributed by atoms with E-state index in [0.717, 1.165) is 38.5 Å². The summed E-state index contributed by atoms with van der Waals surface area (Å²) >= 11 is 0. The molecule has 3 fully saturated rings. The maximum Gasteiger partial charge on any atom is 0.309 e. The van der Waals surface area contributed by atoms with Gasteiger partial charge in [0.05, 0.1) is 6.61 Å². The predicted molar refractivity (Wildman–Crippen MR) is 66.2 cm³/mol. The summed E-state index contributed by atoms with van der Waals surface area (Å²) in [7, 11) is 0. The molecule has 0 aromatic rings. The Balaban J connectivity index is 1.40. The molecule has 6 heteroatoms. The summed E-state index contributed by atoms with van der Waals surface area (Å²) in [6.45, 7) is 0.823. The first-order valence-corrected chi connectivity index (χ1v) is 7.07. The zero-order chi connectivity index (χ0) is 13.3. The Morgan fingerprint density at radius 3 is 2.58 bits per heavy atom. The van der Waals surface area contributed by atoms with Crippen LogP contribution in [0.15, 0.2) is 0 Å². The van der Waals surface area contributed by atoms with E-state index in [1.165, 1.54) is 0 Å². The van der Waals surface area contributed by atoms with E-state index < -0.39 is 17.6 Å². The number of rotatable bonds is 3. The molecule has 6 nitrogen and oxygen atoms in total. The van der Waals surface area contributed by atoms with Crippen LogP contribution in [0.25, 0.3) is 0 Å². The van der Waals surface area contributed by atoms with Gasteiger partial charge in [-0.05, 0) is 25.7 Å². The van der Waals surface area contributed by atoms with Gasteiger partial charge in [0.15, 0.2) is 5.79 Å². The van der Waals surface area contributed by atoms with Gasteiger partial charge in [-0.1, -0.05) is 0 Å². The highest BCUT2D eigenvalue weighted by molar-refractivity contribution is 6.35. The van der Waals surface area contributed by atoms with E-state index in [2.05, 4.69) is 10.6 Å². The van der Waals surface area contributed by atoms with Crippen molar-refractivity contribution in [3.63, 3.8) is 0 Å². The minimum Gasteiger partial charge on any atom is -0.347 e. The Labute approximate surface area is 112 Å². The van der Waals surface area contributed by atoms with Crippen molar-refractivity contribution < 1.29 is 19.1 Å². The number of nitrogens with one attached hydrogen (secondary N) is 2. The zero-order valence-corrected chi connectivity index (χ0v) is 10.9. The highest BCUT2D eigenvalue weighted by Crippen LogP contribution is 2.38. The molecule has 0 aromatic carbocycles. The minimum atomic E-state index is -0.581. The lowest BCUT2D eigenvalue weighted by molar-refractivity contribution is -0.161. The summed E-state index contributed by atoms with van der Waals surface area (Å²) in [5.41, 5.74) is 0. The molecule has 106 valence electrons. The largest absolute Gasteiger partial charge is 0.347 e. The molecule has 0 unspecified atom stereocenters. The Morgan fingerprint density at radius 1 is 1.16 bits per heavy atom. The van der Waals surface area contributed by atoms with Crippen LogP contribution in [0.4, 0.5) is 0 Å². The van der Waals surface area contributed by atoms with Gasteiger partial charge < -0.3 is 20.1 Å². The standard InChI is InChI=1S/C13H20N2O4/c16-11(12(17)15-9-3-4-9)14-7-10-8-18-13(19-10)5-1-2-6-13/h9-10H,1-8H2,(H,14,16)(H,15,17)/t10-/m1/s1. The van der Waals surface area contributed by atoms with Crippen molar-refractivity contribution in [2.45, 2.75) is 56.5 Å². The van der Waals surface area contributed by atoms with E-state index in [-0.39, 0.29) is 12.1 Å². The number of ether oxygens (including phenoxy) is 2. The van der Waals surface area contributed by atoms with Crippen LogP contribution in [0.5, 0.6) is 0 Å². The molecule has 1 heterocycles. The smallest absolute Gasteiger partial charge is 0.309 e. The number of hydrogen-bond donors (Lipinski definition) is 2. The van der Waals surface area contributed by atoms with Crippen molar-refractivity contribution in [3.8, 4) is 0 Å². The Hall–Kier alpha value is -1.14.